The Morgan fingerprint density at radius 3 is 2.29 bits per heavy atom. The second kappa shape index (κ2) is 7.03. The largest absolute Gasteiger partial charge is 0.343 e. The van der Waals surface area contributed by atoms with E-state index >= 15 is 0 Å². The van der Waals surface area contributed by atoms with Crippen LogP contribution >= 0.6 is 11.8 Å². The molecule has 0 spiro atoms. The van der Waals surface area contributed by atoms with Crippen LogP contribution < -0.4 is 4.90 Å². The van der Waals surface area contributed by atoms with E-state index in [1.54, 1.807) is 0 Å². The van der Waals surface area contributed by atoms with E-state index in [0.717, 1.165) is 17.0 Å². The summed E-state index contributed by atoms with van der Waals surface area (Å²) in [6.07, 6.45) is 0. The summed E-state index contributed by atoms with van der Waals surface area (Å²) in [6.45, 7) is 0. The number of fused-ring (bicyclic) bond motifs is 3. The van der Waals surface area contributed by atoms with Crippen molar-refractivity contribution in [2.75, 3.05) is 11.9 Å². The lowest BCUT2D eigenvalue weighted by Crippen LogP contribution is -2.14. The van der Waals surface area contributed by atoms with Crippen LogP contribution in [0.3, 0.4) is 0 Å². The van der Waals surface area contributed by atoms with Gasteiger partial charge in [0.1, 0.15) is 0 Å². The van der Waals surface area contributed by atoms with Crippen LogP contribution in [0.1, 0.15) is 0 Å². The van der Waals surface area contributed by atoms with Crippen molar-refractivity contribution in [3.63, 3.8) is 0 Å². The predicted molar refractivity (Wildman–Crippen MR) is 130 cm³/mol. The van der Waals surface area contributed by atoms with Gasteiger partial charge in [-0.25, -0.2) is 0 Å². The molecule has 31 heavy (non-hydrogen) atoms. The first-order valence-electron chi connectivity index (χ1n) is 10.4. The van der Waals surface area contributed by atoms with Crippen molar-refractivity contribution in [3.8, 4) is 22.5 Å². The third-order valence-corrected chi connectivity index (χ3v) is 7.10. The smallest absolute Gasteiger partial charge is 0.0929 e. The molecule has 0 radical (unpaired) electrons. The summed E-state index contributed by atoms with van der Waals surface area (Å²) in [6, 6.07) is 32.4. The quantitative estimate of drug-likeness (QED) is 0.303. The van der Waals surface area contributed by atoms with Gasteiger partial charge in [0.15, 0.2) is 0 Å². The third-order valence-electron chi connectivity index (χ3n) is 5.99. The highest BCUT2D eigenvalue weighted by atomic mass is 32.2. The lowest BCUT2D eigenvalue weighted by atomic mass is 10.0. The maximum Gasteiger partial charge on any atom is 0.0929 e. The van der Waals surface area contributed by atoms with Gasteiger partial charge in [-0.2, -0.15) is 5.10 Å². The number of hydrogen-bond donors (Lipinski definition) is 0. The Morgan fingerprint density at radius 1 is 0.645 bits per heavy atom. The van der Waals surface area contributed by atoms with E-state index in [2.05, 4.69) is 103 Å². The molecule has 0 atom stereocenters. The lowest BCUT2D eigenvalue weighted by Gasteiger charge is -2.29. The van der Waals surface area contributed by atoms with Crippen molar-refractivity contribution in [2.24, 2.45) is 7.05 Å². The van der Waals surface area contributed by atoms with Gasteiger partial charge in [-0.1, -0.05) is 66.4 Å². The number of para-hydroxylation sites is 1. The van der Waals surface area contributed by atoms with Crippen molar-refractivity contribution < 1.29 is 0 Å². The van der Waals surface area contributed by atoms with Crippen LogP contribution in [0, 0.1) is 0 Å². The Labute approximate surface area is 185 Å². The predicted octanol–water partition coefficient (Wildman–Crippen LogP) is 7.14. The fourth-order valence-corrected chi connectivity index (χ4v) is 5.52. The summed E-state index contributed by atoms with van der Waals surface area (Å²) in [5.41, 5.74) is 6.93. The zero-order valence-corrected chi connectivity index (χ0v) is 18.2. The summed E-state index contributed by atoms with van der Waals surface area (Å²) in [5, 5.41) is 7.31. The number of anilines is 2. The molecule has 0 saturated carbocycles. The normalized spacial score (nSPS) is 12.6. The van der Waals surface area contributed by atoms with Crippen molar-refractivity contribution in [3.05, 3.63) is 91.0 Å². The highest BCUT2D eigenvalue weighted by Gasteiger charge is 2.21. The van der Waals surface area contributed by atoms with E-state index < -0.39 is 0 Å². The molecule has 0 aliphatic carbocycles. The molecule has 150 valence electrons. The highest BCUT2D eigenvalue weighted by molar-refractivity contribution is 7.99. The van der Waals surface area contributed by atoms with Gasteiger partial charge in [0, 0.05) is 35.0 Å². The number of nitrogens with zero attached hydrogens (tertiary/aromatic N) is 3. The van der Waals surface area contributed by atoms with Crippen molar-refractivity contribution in [1.29, 1.82) is 0 Å². The van der Waals surface area contributed by atoms with E-state index in [0.29, 0.717) is 0 Å². The molecule has 0 bridgehead atoms. The molecule has 6 rings (SSSR count). The molecule has 0 fully saturated rings. The van der Waals surface area contributed by atoms with Crippen LogP contribution in [0.25, 0.3) is 33.3 Å². The van der Waals surface area contributed by atoms with Gasteiger partial charge in [0.25, 0.3) is 0 Å². The first-order valence-corrected chi connectivity index (χ1v) is 11.2. The number of rotatable bonds is 2. The molecule has 2 heterocycles. The van der Waals surface area contributed by atoms with Crippen LogP contribution in [0.15, 0.2) is 101 Å². The minimum absolute atomic E-state index is 0.996. The highest BCUT2D eigenvalue weighted by Crippen LogP contribution is 2.48. The molecular formula is C27H21N3S. The number of benzene rings is 4. The summed E-state index contributed by atoms with van der Waals surface area (Å²) >= 11 is 1.83. The number of hydrogen-bond acceptors (Lipinski definition) is 3. The topological polar surface area (TPSA) is 21.1 Å². The van der Waals surface area contributed by atoms with Crippen molar-refractivity contribution in [1.82, 2.24) is 9.78 Å². The maximum absolute atomic E-state index is 4.83. The van der Waals surface area contributed by atoms with Crippen LogP contribution in [-0.2, 0) is 7.05 Å². The Hall–Kier alpha value is -3.50. The molecule has 0 unspecified atom stereocenters. The van der Waals surface area contributed by atoms with Crippen molar-refractivity contribution in [2.45, 2.75) is 9.79 Å². The Morgan fingerprint density at radius 2 is 1.39 bits per heavy atom. The van der Waals surface area contributed by atoms with Gasteiger partial charge in [-0.3, -0.25) is 4.68 Å². The molecule has 5 aromatic rings. The van der Waals surface area contributed by atoms with E-state index in [9.17, 15) is 0 Å². The fraction of sp³-hybridized carbons (Fsp3) is 0.0741. The second-order valence-corrected chi connectivity index (χ2v) is 9.00. The lowest BCUT2D eigenvalue weighted by molar-refractivity contribution is 0.779. The molecule has 4 heteroatoms. The van der Waals surface area contributed by atoms with Crippen LogP contribution in [0.2, 0.25) is 0 Å². The van der Waals surface area contributed by atoms with Crippen molar-refractivity contribution >= 4 is 33.9 Å². The molecule has 3 nitrogen and oxygen atoms in total. The maximum atomic E-state index is 4.83. The Kier molecular flexibility index (Phi) is 4.15. The first kappa shape index (κ1) is 18.3. The van der Waals surface area contributed by atoms with Crippen LogP contribution in [-0.4, -0.2) is 16.8 Å². The van der Waals surface area contributed by atoms with Gasteiger partial charge >= 0.3 is 0 Å². The number of aromatic nitrogens is 2. The van der Waals surface area contributed by atoms with E-state index in [1.807, 2.05) is 23.5 Å². The number of aryl methyl sites for hydroxylation is 1. The fourth-order valence-electron chi connectivity index (χ4n) is 4.33. The van der Waals surface area contributed by atoms with Gasteiger partial charge in [0.05, 0.1) is 22.8 Å². The molecule has 1 aliphatic heterocycles. The SMILES string of the molecule is CN1c2ccccc2Sc2cc(-c3cc(-c4ccc5ccccc5c4)nn3C)ccc21. The molecule has 4 aromatic carbocycles. The van der Waals surface area contributed by atoms with Gasteiger partial charge in [-0.15, -0.1) is 0 Å². The summed E-state index contributed by atoms with van der Waals surface area (Å²) in [7, 11) is 4.16. The molecular weight excluding hydrogens is 398 g/mol. The van der Waals surface area contributed by atoms with E-state index in [4.69, 9.17) is 5.10 Å². The molecule has 0 N–H and O–H groups in total. The van der Waals surface area contributed by atoms with Gasteiger partial charge in [-0.05, 0) is 47.2 Å². The average Bonchev–Trinajstić information content (AvgIpc) is 3.20. The van der Waals surface area contributed by atoms with Gasteiger partial charge in [0.2, 0.25) is 0 Å². The van der Waals surface area contributed by atoms with Crippen LogP contribution in [0.5, 0.6) is 0 Å². The third kappa shape index (κ3) is 3.03. The first-order chi connectivity index (χ1) is 15.2. The average molecular weight is 420 g/mol. The Balaban J connectivity index is 1.40. The molecule has 1 aliphatic rings. The molecule has 0 saturated heterocycles. The van der Waals surface area contributed by atoms with E-state index in [1.165, 1.54) is 37.5 Å². The standard InChI is InChI=1S/C27H21N3S/c1-29-23-9-5-6-10-26(23)31-27-16-21(13-14-24(27)29)25-17-22(28-30(25)2)20-12-11-18-7-3-4-8-19(18)15-20/h3-17H,1-2H3. The van der Waals surface area contributed by atoms with E-state index in [-0.39, 0.29) is 0 Å². The summed E-state index contributed by atoms with van der Waals surface area (Å²) < 4.78 is 1.98. The minimum Gasteiger partial charge on any atom is -0.343 e. The van der Waals surface area contributed by atoms with Crippen LogP contribution in [0.4, 0.5) is 11.4 Å². The van der Waals surface area contributed by atoms with Gasteiger partial charge < -0.3 is 4.90 Å². The monoisotopic (exact) mass is 419 g/mol. The summed E-state index contributed by atoms with van der Waals surface area (Å²) in [5.74, 6) is 0. The minimum atomic E-state index is 0.996. The Bertz CT molecular complexity index is 1450. The zero-order chi connectivity index (χ0) is 20.9. The molecule has 1 aromatic heterocycles. The summed E-state index contributed by atoms with van der Waals surface area (Å²) in [4.78, 5) is 4.83. The zero-order valence-electron chi connectivity index (χ0n) is 17.4. The molecule has 0 amide bonds. The second-order valence-electron chi connectivity index (χ2n) is 7.91.